The second-order valence-electron chi connectivity index (χ2n) is 4.10. The SMILES string of the molecule is NC(C1=CCCCC1)C1CCCO1. The summed E-state index contributed by atoms with van der Waals surface area (Å²) in [4.78, 5) is 0. The molecule has 2 N–H and O–H groups in total. The summed E-state index contributed by atoms with van der Waals surface area (Å²) < 4.78 is 5.60. The average Bonchev–Trinajstić information content (AvgIpc) is 2.71. The Hall–Kier alpha value is -0.340. The van der Waals surface area contributed by atoms with Crippen molar-refractivity contribution in [2.45, 2.75) is 50.7 Å². The van der Waals surface area contributed by atoms with Crippen molar-refractivity contribution in [1.29, 1.82) is 0 Å². The van der Waals surface area contributed by atoms with E-state index in [0.717, 1.165) is 13.0 Å². The molecule has 1 aliphatic heterocycles. The smallest absolute Gasteiger partial charge is 0.0765 e. The highest BCUT2D eigenvalue weighted by atomic mass is 16.5. The van der Waals surface area contributed by atoms with Crippen molar-refractivity contribution in [1.82, 2.24) is 0 Å². The molecule has 2 heteroatoms. The fourth-order valence-corrected chi connectivity index (χ4v) is 2.29. The van der Waals surface area contributed by atoms with E-state index in [4.69, 9.17) is 10.5 Å². The van der Waals surface area contributed by atoms with Crippen LogP contribution in [0.2, 0.25) is 0 Å². The molecule has 0 bridgehead atoms. The lowest BCUT2D eigenvalue weighted by Gasteiger charge is -2.24. The van der Waals surface area contributed by atoms with Gasteiger partial charge in [0.2, 0.25) is 0 Å². The first-order chi connectivity index (χ1) is 6.38. The van der Waals surface area contributed by atoms with Crippen LogP contribution in [0.4, 0.5) is 0 Å². The maximum absolute atomic E-state index is 6.16. The lowest BCUT2D eigenvalue weighted by molar-refractivity contribution is 0.0974. The van der Waals surface area contributed by atoms with Gasteiger partial charge >= 0.3 is 0 Å². The molecule has 74 valence electrons. The molecule has 2 aliphatic rings. The summed E-state index contributed by atoms with van der Waals surface area (Å²) in [6.07, 6.45) is 10.0. The lowest BCUT2D eigenvalue weighted by atomic mass is 9.91. The molecule has 1 aliphatic carbocycles. The quantitative estimate of drug-likeness (QED) is 0.661. The van der Waals surface area contributed by atoms with E-state index in [1.165, 1.54) is 37.7 Å². The van der Waals surface area contributed by atoms with Crippen LogP contribution >= 0.6 is 0 Å². The first-order valence-corrected chi connectivity index (χ1v) is 5.44. The topological polar surface area (TPSA) is 35.2 Å². The van der Waals surface area contributed by atoms with Gasteiger partial charge in [0.05, 0.1) is 12.1 Å². The third-order valence-corrected chi connectivity index (χ3v) is 3.12. The Kier molecular flexibility index (Phi) is 3.01. The minimum atomic E-state index is 0.183. The van der Waals surface area contributed by atoms with Crippen molar-refractivity contribution in [2.24, 2.45) is 5.73 Å². The standard InChI is InChI=1S/C11H19NO/c12-11(10-7-4-8-13-10)9-5-2-1-3-6-9/h5,10-11H,1-4,6-8,12H2. The predicted octanol–water partition coefficient (Wildman–Crippen LogP) is 1.99. The summed E-state index contributed by atoms with van der Waals surface area (Å²) in [7, 11) is 0. The summed E-state index contributed by atoms with van der Waals surface area (Å²) in [5.74, 6) is 0. The van der Waals surface area contributed by atoms with E-state index in [1.54, 1.807) is 0 Å². The Morgan fingerprint density at radius 3 is 2.92 bits per heavy atom. The first kappa shape index (κ1) is 9.22. The van der Waals surface area contributed by atoms with Crippen LogP contribution in [0.3, 0.4) is 0 Å². The molecule has 2 nitrogen and oxygen atoms in total. The van der Waals surface area contributed by atoms with Crippen LogP contribution in [0.15, 0.2) is 11.6 Å². The van der Waals surface area contributed by atoms with Crippen molar-refractivity contribution < 1.29 is 4.74 Å². The molecule has 0 aromatic heterocycles. The molecule has 2 unspecified atom stereocenters. The van der Waals surface area contributed by atoms with Gasteiger partial charge in [-0.05, 0) is 38.5 Å². The van der Waals surface area contributed by atoms with Crippen LogP contribution in [-0.4, -0.2) is 18.8 Å². The van der Waals surface area contributed by atoms with Gasteiger partial charge in [0, 0.05) is 6.61 Å². The first-order valence-electron chi connectivity index (χ1n) is 5.44. The maximum atomic E-state index is 6.16. The molecule has 2 rings (SSSR count). The molecule has 0 saturated carbocycles. The van der Waals surface area contributed by atoms with Crippen molar-refractivity contribution in [3.05, 3.63) is 11.6 Å². The molecule has 13 heavy (non-hydrogen) atoms. The Bertz CT molecular complexity index is 194. The summed E-state index contributed by atoms with van der Waals surface area (Å²) in [5, 5.41) is 0. The van der Waals surface area contributed by atoms with Crippen LogP contribution in [0, 0.1) is 0 Å². The zero-order valence-electron chi connectivity index (χ0n) is 8.17. The third kappa shape index (κ3) is 2.12. The summed E-state index contributed by atoms with van der Waals surface area (Å²) in [5.41, 5.74) is 7.60. The number of hydrogen-bond acceptors (Lipinski definition) is 2. The van der Waals surface area contributed by atoms with Crippen molar-refractivity contribution in [2.75, 3.05) is 6.61 Å². The number of ether oxygens (including phenoxy) is 1. The second-order valence-corrected chi connectivity index (χ2v) is 4.10. The molecular weight excluding hydrogens is 162 g/mol. The molecule has 0 amide bonds. The zero-order valence-corrected chi connectivity index (χ0v) is 8.17. The zero-order chi connectivity index (χ0) is 9.10. The minimum Gasteiger partial charge on any atom is -0.376 e. The van der Waals surface area contributed by atoms with Gasteiger partial charge in [-0.25, -0.2) is 0 Å². The Morgan fingerprint density at radius 1 is 1.38 bits per heavy atom. The van der Waals surface area contributed by atoms with E-state index in [2.05, 4.69) is 6.08 Å². The van der Waals surface area contributed by atoms with E-state index in [-0.39, 0.29) is 6.04 Å². The molecule has 1 heterocycles. The van der Waals surface area contributed by atoms with Gasteiger partial charge in [-0.15, -0.1) is 0 Å². The summed E-state index contributed by atoms with van der Waals surface area (Å²) >= 11 is 0. The lowest BCUT2D eigenvalue weighted by Crippen LogP contribution is -2.36. The van der Waals surface area contributed by atoms with Crippen LogP contribution in [-0.2, 0) is 4.74 Å². The minimum absolute atomic E-state index is 0.183. The average molecular weight is 181 g/mol. The molecule has 0 spiro atoms. The number of hydrogen-bond donors (Lipinski definition) is 1. The molecule has 1 fully saturated rings. The summed E-state index contributed by atoms with van der Waals surface area (Å²) in [6.45, 7) is 0.908. The number of rotatable bonds is 2. The normalized spacial score (nSPS) is 31.5. The van der Waals surface area contributed by atoms with Crippen LogP contribution in [0.1, 0.15) is 38.5 Å². The van der Waals surface area contributed by atoms with Gasteiger partial charge in [0.25, 0.3) is 0 Å². The van der Waals surface area contributed by atoms with Gasteiger partial charge < -0.3 is 10.5 Å². The van der Waals surface area contributed by atoms with Crippen LogP contribution in [0.25, 0.3) is 0 Å². The van der Waals surface area contributed by atoms with Crippen molar-refractivity contribution in [3.63, 3.8) is 0 Å². The monoisotopic (exact) mass is 181 g/mol. The third-order valence-electron chi connectivity index (χ3n) is 3.12. The summed E-state index contributed by atoms with van der Waals surface area (Å²) in [6, 6.07) is 0.183. The molecule has 0 aromatic carbocycles. The van der Waals surface area contributed by atoms with Gasteiger partial charge in [0.15, 0.2) is 0 Å². The van der Waals surface area contributed by atoms with Gasteiger partial charge in [-0.1, -0.05) is 11.6 Å². The van der Waals surface area contributed by atoms with Gasteiger partial charge in [-0.2, -0.15) is 0 Å². The van der Waals surface area contributed by atoms with Gasteiger partial charge in [-0.3, -0.25) is 0 Å². The van der Waals surface area contributed by atoms with E-state index >= 15 is 0 Å². The molecule has 2 atom stereocenters. The van der Waals surface area contributed by atoms with Gasteiger partial charge in [0.1, 0.15) is 0 Å². The van der Waals surface area contributed by atoms with E-state index < -0.39 is 0 Å². The Labute approximate surface area is 80.1 Å². The van der Waals surface area contributed by atoms with E-state index in [0.29, 0.717) is 6.10 Å². The van der Waals surface area contributed by atoms with Crippen LogP contribution in [0.5, 0.6) is 0 Å². The fourth-order valence-electron chi connectivity index (χ4n) is 2.29. The van der Waals surface area contributed by atoms with Crippen molar-refractivity contribution in [3.8, 4) is 0 Å². The van der Waals surface area contributed by atoms with E-state index in [1.807, 2.05) is 0 Å². The maximum Gasteiger partial charge on any atom is 0.0765 e. The molecule has 0 radical (unpaired) electrons. The number of nitrogens with two attached hydrogens (primary N) is 1. The number of allylic oxidation sites excluding steroid dienone is 1. The Morgan fingerprint density at radius 2 is 2.31 bits per heavy atom. The Balaban J connectivity index is 1.94. The molecule has 1 saturated heterocycles. The molecular formula is C11H19NO. The molecule has 0 aromatic rings. The highest BCUT2D eigenvalue weighted by molar-refractivity contribution is 5.14. The predicted molar refractivity (Wildman–Crippen MR) is 53.5 cm³/mol. The highest BCUT2D eigenvalue weighted by Gasteiger charge is 2.25. The largest absolute Gasteiger partial charge is 0.376 e. The van der Waals surface area contributed by atoms with E-state index in [9.17, 15) is 0 Å². The van der Waals surface area contributed by atoms with Crippen LogP contribution < -0.4 is 5.73 Å². The fraction of sp³-hybridized carbons (Fsp3) is 0.818. The second kappa shape index (κ2) is 4.25. The van der Waals surface area contributed by atoms with Crippen molar-refractivity contribution >= 4 is 0 Å². The highest BCUT2D eigenvalue weighted by Crippen LogP contribution is 2.25.